The van der Waals surface area contributed by atoms with Crippen molar-refractivity contribution in [1.29, 1.82) is 0 Å². The molecule has 33 heavy (non-hydrogen) atoms. The number of aromatic nitrogens is 3. The van der Waals surface area contributed by atoms with Crippen molar-refractivity contribution in [1.82, 2.24) is 19.4 Å². The highest BCUT2D eigenvalue weighted by Crippen LogP contribution is 2.31. The van der Waals surface area contributed by atoms with Gasteiger partial charge in [-0.05, 0) is 42.9 Å². The van der Waals surface area contributed by atoms with Crippen LogP contribution in [0, 0.1) is 0 Å². The quantitative estimate of drug-likeness (QED) is 0.645. The number of guanidine groups is 1. The monoisotopic (exact) mass is 461 g/mol. The van der Waals surface area contributed by atoms with Gasteiger partial charge in [0, 0.05) is 24.5 Å². The lowest BCUT2D eigenvalue weighted by molar-refractivity contribution is -0.116. The Morgan fingerprint density at radius 2 is 2.06 bits per heavy atom. The van der Waals surface area contributed by atoms with E-state index in [-0.39, 0.29) is 18.4 Å². The number of amides is 2. The maximum absolute atomic E-state index is 12.9. The van der Waals surface area contributed by atoms with Crippen molar-refractivity contribution in [3.63, 3.8) is 0 Å². The first-order chi connectivity index (χ1) is 16.1. The molecule has 0 spiro atoms. The van der Waals surface area contributed by atoms with Gasteiger partial charge in [0.1, 0.15) is 6.54 Å². The molecule has 3 aromatic rings. The number of thiazole rings is 1. The Bertz CT molecular complexity index is 1310. The summed E-state index contributed by atoms with van der Waals surface area (Å²) in [7, 11) is 1.69. The van der Waals surface area contributed by atoms with Gasteiger partial charge in [-0.25, -0.2) is 9.97 Å². The van der Waals surface area contributed by atoms with E-state index in [0.717, 1.165) is 24.1 Å². The number of nitrogens with zero attached hydrogens (tertiary/aromatic N) is 6. The van der Waals surface area contributed by atoms with Gasteiger partial charge in [0.15, 0.2) is 16.6 Å². The number of fused-ring (bicyclic) bond motifs is 4. The molecular formula is C23H23N7O2S. The summed E-state index contributed by atoms with van der Waals surface area (Å²) in [6.45, 7) is 1.28. The molecule has 0 fully saturated rings. The van der Waals surface area contributed by atoms with E-state index in [0.29, 0.717) is 35.7 Å². The number of imidazole rings is 1. The molecule has 6 rings (SSSR count). The van der Waals surface area contributed by atoms with Crippen molar-refractivity contribution in [3.05, 3.63) is 46.7 Å². The summed E-state index contributed by atoms with van der Waals surface area (Å²) in [5, 5.41) is 5.37. The van der Waals surface area contributed by atoms with E-state index in [1.807, 2.05) is 10.3 Å². The van der Waals surface area contributed by atoms with Crippen LogP contribution in [0.25, 0.3) is 11.3 Å². The summed E-state index contributed by atoms with van der Waals surface area (Å²) in [4.78, 5) is 42.4. The minimum atomic E-state index is -0.252. The summed E-state index contributed by atoms with van der Waals surface area (Å²) < 4.78 is 1.59. The number of aliphatic imine (C=N–C) groups is 1. The molecule has 4 heterocycles. The van der Waals surface area contributed by atoms with Crippen molar-refractivity contribution in [3.8, 4) is 11.3 Å². The van der Waals surface area contributed by atoms with Crippen LogP contribution in [0.5, 0.6) is 0 Å². The minimum absolute atomic E-state index is 0.0179. The van der Waals surface area contributed by atoms with Gasteiger partial charge in [-0.3, -0.25) is 24.4 Å². The van der Waals surface area contributed by atoms with Gasteiger partial charge in [-0.1, -0.05) is 12.1 Å². The second kappa shape index (κ2) is 7.80. The Hall–Kier alpha value is -3.53. The second-order valence-corrected chi connectivity index (χ2v) is 9.38. The van der Waals surface area contributed by atoms with Crippen molar-refractivity contribution in [2.45, 2.75) is 32.2 Å². The summed E-state index contributed by atoms with van der Waals surface area (Å²) in [5.74, 6) is 0.708. The van der Waals surface area contributed by atoms with E-state index in [9.17, 15) is 9.59 Å². The zero-order valence-electron chi connectivity index (χ0n) is 18.2. The molecule has 1 aromatic carbocycles. The van der Waals surface area contributed by atoms with Crippen molar-refractivity contribution in [2.24, 2.45) is 4.99 Å². The molecule has 0 radical (unpaired) electrons. The van der Waals surface area contributed by atoms with Crippen LogP contribution in [0.1, 0.15) is 34.5 Å². The highest BCUT2D eigenvalue weighted by Gasteiger charge is 2.38. The van der Waals surface area contributed by atoms with Crippen LogP contribution in [0.15, 0.2) is 34.9 Å². The smallest absolute Gasteiger partial charge is 0.280 e. The molecule has 0 unspecified atom stereocenters. The first-order valence-corrected chi connectivity index (χ1v) is 12.0. The molecule has 0 atom stereocenters. The first kappa shape index (κ1) is 20.1. The van der Waals surface area contributed by atoms with E-state index in [1.54, 1.807) is 11.6 Å². The molecule has 0 saturated carbocycles. The van der Waals surface area contributed by atoms with E-state index >= 15 is 0 Å². The van der Waals surface area contributed by atoms with Gasteiger partial charge in [0.2, 0.25) is 11.9 Å². The third kappa shape index (κ3) is 3.41. The summed E-state index contributed by atoms with van der Waals surface area (Å²) >= 11 is 1.40. The van der Waals surface area contributed by atoms with Gasteiger partial charge in [0.25, 0.3) is 5.91 Å². The fraction of sp³-hybridized carbons (Fsp3) is 0.348. The van der Waals surface area contributed by atoms with Gasteiger partial charge < -0.3 is 9.88 Å². The lowest BCUT2D eigenvalue weighted by atomic mass is 9.90. The third-order valence-electron chi connectivity index (χ3n) is 6.41. The number of hydrogen-bond acceptors (Lipinski definition) is 7. The van der Waals surface area contributed by atoms with Crippen LogP contribution in [-0.2, 0) is 24.2 Å². The van der Waals surface area contributed by atoms with Crippen molar-refractivity contribution in [2.75, 3.05) is 30.4 Å². The average molecular weight is 462 g/mol. The third-order valence-corrected chi connectivity index (χ3v) is 7.17. The predicted molar refractivity (Wildman–Crippen MR) is 127 cm³/mol. The molecule has 168 valence electrons. The maximum Gasteiger partial charge on any atom is 0.280 e. The molecular weight excluding hydrogens is 438 g/mol. The summed E-state index contributed by atoms with van der Waals surface area (Å²) in [5.41, 5.74) is 5.18. The second-order valence-electron chi connectivity index (χ2n) is 8.52. The van der Waals surface area contributed by atoms with Gasteiger partial charge in [0.05, 0.1) is 18.6 Å². The normalized spacial score (nSPS) is 16.9. The number of benzene rings is 1. The Morgan fingerprint density at radius 1 is 1.21 bits per heavy atom. The van der Waals surface area contributed by atoms with E-state index < -0.39 is 0 Å². The Labute approximate surface area is 194 Å². The fourth-order valence-electron chi connectivity index (χ4n) is 4.75. The lowest BCUT2D eigenvalue weighted by Crippen LogP contribution is -2.48. The van der Waals surface area contributed by atoms with Crippen LogP contribution in [0.2, 0.25) is 0 Å². The SMILES string of the molecule is CN1C(=O)c2c(ncn2CC(=O)Nc2nc(-c3ccc4c(c3)CCCC4)cs2)N2CCN=C12. The van der Waals surface area contributed by atoms with E-state index in [1.165, 1.54) is 46.5 Å². The molecule has 2 aliphatic heterocycles. The Kier molecular flexibility index (Phi) is 4.75. The predicted octanol–water partition coefficient (Wildman–Crippen LogP) is 2.79. The molecule has 2 aromatic heterocycles. The van der Waals surface area contributed by atoms with Crippen LogP contribution in [0.4, 0.5) is 10.9 Å². The highest BCUT2D eigenvalue weighted by atomic mass is 32.1. The van der Waals surface area contributed by atoms with Crippen LogP contribution in [0.3, 0.4) is 0 Å². The average Bonchev–Trinajstić information content (AvgIpc) is 3.57. The van der Waals surface area contributed by atoms with Crippen molar-refractivity contribution >= 4 is 40.1 Å². The number of aryl methyl sites for hydroxylation is 2. The van der Waals surface area contributed by atoms with E-state index in [2.05, 4.69) is 38.5 Å². The molecule has 0 bridgehead atoms. The van der Waals surface area contributed by atoms with Crippen molar-refractivity contribution < 1.29 is 9.59 Å². The molecule has 1 aliphatic carbocycles. The standard InChI is InChI=1S/C23H23N7O2S/c1-28-21(32)19-20(30-9-8-24-23(28)30)25-13-29(19)11-18(31)27-22-26-17(12-33-22)16-7-6-14-4-2-3-5-15(14)10-16/h6-7,10,12-13H,2-5,8-9,11H2,1H3,(H,26,27,31). The first-order valence-electron chi connectivity index (χ1n) is 11.1. The van der Waals surface area contributed by atoms with Gasteiger partial charge >= 0.3 is 0 Å². The number of rotatable bonds is 4. The number of carbonyl (C=O) groups excluding carboxylic acids is 2. The summed E-state index contributed by atoms with van der Waals surface area (Å²) in [6.07, 6.45) is 6.30. The number of carbonyl (C=O) groups is 2. The summed E-state index contributed by atoms with van der Waals surface area (Å²) in [6, 6.07) is 6.54. The van der Waals surface area contributed by atoms with Crippen LogP contribution >= 0.6 is 11.3 Å². The largest absolute Gasteiger partial charge is 0.315 e. The lowest BCUT2D eigenvalue weighted by Gasteiger charge is -2.30. The number of nitrogens with one attached hydrogen (secondary N) is 1. The zero-order chi connectivity index (χ0) is 22.5. The Balaban J connectivity index is 1.18. The molecule has 3 aliphatic rings. The zero-order valence-corrected chi connectivity index (χ0v) is 19.1. The maximum atomic E-state index is 12.9. The number of hydrogen-bond donors (Lipinski definition) is 1. The topological polar surface area (TPSA) is 95.7 Å². The number of anilines is 2. The van der Waals surface area contributed by atoms with Crippen LogP contribution < -0.4 is 10.2 Å². The molecule has 9 nitrogen and oxygen atoms in total. The molecule has 10 heteroatoms. The van der Waals surface area contributed by atoms with Gasteiger partial charge in [-0.2, -0.15) is 0 Å². The fourth-order valence-corrected chi connectivity index (χ4v) is 5.49. The highest BCUT2D eigenvalue weighted by molar-refractivity contribution is 7.14. The minimum Gasteiger partial charge on any atom is -0.315 e. The molecule has 0 saturated heterocycles. The Morgan fingerprint density at radius 3 is 2.94 bits per heavy atom. The van der Waals surface area contributed by atoms with Crippen LogP contribution in [-0.4, -0.2) is 57.3 Å². The van der Waals surface area contributed by atoms with Gasteiger partial charge in [-0.15, -0.1) is 11.3 Å². The molecule has 2 amide bonds. The van der Waals surface area contributed by atoms with E-state index in [4.69, 9.17) is 0 Å². The molecule has 1 N–H and O–H groups in total.